The third-order valence-corrected chi connectivity index (χ3v) is 7.70. The number of sulfonamides is 1. The van der Waals surface area contributed by atoms with E-state index in [0.29, 0.717) is 5.70 Å². The maximum absolute atomic E-state index is 14.1. The Morgan fingerprint density at radius 3 is 2.03 bits per heavy atom. The fraction of sp³-hybridized carbons (Fsp3) is 0.207. The van der Waals surface area contributed by atoms with Crippen molar-refractivity contribution >= 4 is 21.7 Å². The average Bonchev–Trinajstić information content (AvgIpc) is 3.30. The SMILES string of the molecule is C=C(C(=O)OCC(C)C)[C@@H]1[C@@H](c2ccccc2)C=C(c2ccccc2)N1S(=O)(=O)c1ccccc1. The van der Waals surface area contributed by atoms with Crippen molar-refractivity contribution in [2.45, 2.75) is 30.7 Å². The van der Waals surface area contributed by atoms with Gasteiger partial charge in [0.05, 0.1) is 28.8 Å². The molecule has 3 aromatic rings. The molecule has 1 aliphatic heterocycles. The highest BCUT2D eigenvalue weighted by Gasteiger charge is 2.46. The van der Waals surface area contributed by atoms with Gasteiger partial charge in [0.2, 0.25) is 0 Å². The molecular formula is C29H29NO4S. The van der Waals surface area contributed by atoms with Gasteiger partial charge >= 0.3 is 5.97 Å². The van der Waals surface area contributed by atoms with Crippen molar-refractivity contribution in [2.24, 2.45) is 5.92 Å². The summed E-state index contributed by atoms with van der Waals surface area (Å²) < 4.78 is 35.0. The minimum absolute atomic E-state index is 0.0983. The third kappa shape index (κ3) is 5.08. The van der Waals surface area contributed by atoms with E-state index in [1.54, 1.807) is 30.3 Å². The smallest absolute Gasteiger partial charge is 0.335 e. The van der Waals surface area contributed by atoms with Crippen molar-refractivity contribution in [3.05, 3.63) is 120 Å². The maximum atomic E-state index is 14.1. The molecule has 0 N–H and O–H groups in total. The number of carbonyl (C=O) groups is 1. The van der Waals surface area contributed by atoms with E-state index in [1.165, 1.54) is 4.31 Å². The van der Waals surface area contributed by atoms with Crippen LogP contribution in [-0.2, 0) is 19.6 Å². The van der Waals surface area contributed by atoms with Crippen molar-refractivity contribution < 1.29 is 17.9 Å². The Labute approximate surface area is 207 Å². The van der Waals surface area contributed by atoms with Crippen molar-refractivity contribution in [1.29, 1.82) is 0 Å². The van der Waals surface area contributed by atoms with Crippen LogP contribution in [0.25, 0.3) is 5.70 Å². The number of ether oxygens (including phenoxy) is 1. The summed E-state index contributed by atoms with van der Waals surface area (Å²) in [5, 5.41) is 0. The summed E-state index contributed by atoms with van der Waals surface area (Å²) in [5.41, 5.74) is 2.22. The lowest BCUT2D eigenvalue weighted by Crippen LogP contribution is -2.41. The summed E-state index contributed by atoms with van der Waals surface area (Å²) in [7, 11) is -4.04. The summed E-state index contributed by atoms with van der Waals surface area (Å²) in [4.78, 5) is 13.2. The van der Waals surface area contributed by atoms with E-state index in [9.17, 15) is 13.2 Å². The van der Waals surface area contributed by atoms with Crippen molar-refractivity contribution in [1.82, 2.24) is 4.31 Å². The summed E-state index contributed by atoms with van der Waals surface area (Å²) in [6.45, 7) is 8.18. The molecule has 2 atom stereocenters. The van der Waals surface area contributed by atoms with Crippen LogP contribution in [0.5, 0.6) is 0 Å². The van der Waals surface area contributed by atoms with Crippen LogP contribution in [0, 0.1) is 5.92 Å². The van der Waals surface area contributed by atoms with Gasteiger partial charge in [-0.05, 0) is 35.3 Å². The molecular weight excluding hydrogens is 458 g/mol. The minimum atomic E-state index is -4.04. The van der Waals surface area contributed by atoms with Gasteiger partial charge in [0.15, 0.2) is 0 Å². The fourth-order valence-corrected chi connectivity index (χ4v) is 5.93. The van der Waals surface area contributed by atoms with E-state index in [0.717, 1.165) is 11.1 Å². The van der Waals surface area contributed by atoms with Crippen LogP contribution in [0.3, 0.4) is 0 Å². The summed E-state index contributed by atoms with van der Waals surface area (Å²) >= 11 is 0. The minimum Gasteiger partial charge on any atom is -0.462 e. The molecule has 0 radical (unpaired) electrons. The Hall–Kier alpha value is -3.64. The molecule has 4 rings (SSSR count). The summed E-state index contributed by atoms with van der Waals surface area (Å²) in [6.07, 6.45) is 1.91. The average molecular weight is 488 g/mol. The predicted octanol–water partition coefficient (Wildman–Crippen LogP) is 5.64. The number of rotatable bonds is 8. The number of carbonyl (C=O) groups excluding carboxylic acids is 1. The summed E-state index contributed by atoms with van der Waals surface area (Å²) in [6, 6.07) is 26.3. The lowest BCUT2D eigenvalue weighted by Gasteiger charge is -2.32. The van der Waals surface area contributed by atoms with Gasteiger partial charge in [-0.3, -0.25) is 4.31 Å². The molecule has 0 spiro atoms. The Kier molecular flexibility index (Phi) is 7.22. The first kappa shape index (κ1) is 24.5. The van der Waals surface area contributed by atoms with Crippen LogP contribution in [0.2, 0.25) is 0 Å². The quantitative estimate of drug-likeness (QED) is 0.305. The van der Waals surface area contributed by atoms with Gasteiger partial charge in [0, 0.05) is 5.92 Å². The van der Waals surface area contributed by atoms with E-state index in [1.807, 2.05) is 80.6 Å². The second-order valence-corrected chi connectivity index (χ2v) is 10.7. The van der Waals surface area contributed by atoms with Gasteiger partial charge in [0.1, 0.15) is 0 Å². The molecule has 0 bridgehead atoms. The third-order valence-electron chi connectivity index (χ3n) is 5.89. The molecule has 1 heterocycles. The van der Waals surface area contributed by atoms with Gasteiger partial charge in [-0.15, -0.1) is 0 Å². The standard InChI is InChI=1S/C29H29NO4S/c1-21(2)20-34-29(31)22(3)28-26(23-13-7-4-8-14-23)19-27(24-15-9-5-10-16-24)30(28)35(32,33)25-17-11-6-12-18-25/h4-19,21,26,28H,3,20H2,1-2H3/t26-,28-/m1/s1. The molecule has 0 aliphatic carbocycles. The second kappa shape index (κ2) is 10.3. The van der Waals surface area contributed by atoms with E-state index in [4.69, 9.17) is 4.74 Å². The number of benzene rings is 3. The predicted molar refractivity (Wildman–Crippen MR) is 138 cm³/mol. The molecule has 35 heavy (non-hydrogen) atoms. The van der Waals surface area contributed by atoms with Gasteiger partial charge in [0.25, 0.3) is 10.0 Å². The molecule has 0 unspecified atom stereocenters. The van der Waals surface area contributed by atoms with Crippen LogP contribution in [-0.4, -0.2) is 31.3 Å². The van der Waals surface area contributed by atoms with E-state index >= 15 is 0 Å². The molecule has 6 heteroatoms. The molecule has 0 saturated carbocycles. The maximum Gasteiger partial charge on any atom is 0.335 e. The molecule has 5 nitrogen and oxygen atoms in total. The first-order chi connectivity index (χ1) is 16.8. The van der Waals surface area contributed by atoms with Crippen LogP contribution < -0.4 is 0 Å². The lowest BCUT2D eigenvalue weighted by atomic mass is 9.89. The molecule has 3 aromatic carbocycles. The normalized spacial score (nSPS) is 17.8. The highest BCUT2D eigenvalue weighted by molar-refractivity contribution is 7.89. The van der Waals surface area contributed by atoms with E-state index in [-0.39, 0.29) is 23.0 Å². The van der Waals surface area contributed by atoms with Gasteiger partial charge in [-0.1, -0.05) is 99.3 Å². The van der Waals surface area contributed by atoms with E-state index in [2.05, 4.69) is 6.58 Å². The molecule has 1 aliphatic rings. The Morgan fingerprint density at radius 1 is 0.914 bits per heavy atom. The zero-order valence-electron chi connectivity index (χ0n) is 19.9. The zero-order chi connectivity index (χ0) is 25.0. The Balaban J connectivity index is 1.89. The van der Waals surface area contributed by atoms with Crippen LogP contribution in [0.4, 0.5) is 0 Å². The number of esters is 1. The topological polar surface area (TPSA) is 63.7 Å². The molecule has 0 amide bonds. The monoisotopic (exact) mass is 487 g/mol. The van der Waals surface area contributed by atoms with Crippen molar-refractivity contribution in [2.75, 3.05) is 6.61 Å². The van der Waals surface area contributed by atoms with Crippen molar-refractivity contribution in [3.63, 3.8) is 0 Å². The second-order valence-electron chi connectivity index (χ2n) is 8.93. The summed E-state index contributed by atoms with van der Waals surface area (Å²) in [5.74, 6) is -0.882. The molecule has 180 valence electrons. The number of nitrogens with zero attached hydrogens (tertiary/aromatic N) is 1. The Morgan fingerprint density at radius 2 is 1.46 bits per heavy atom. The largest absolute Gasteiger partial charge is 0.462 e. The van der Waals surface area contributed by atoms with Gasteiger partial charge < -0.3 is 4.74 Å². The number of hydrogen-bond donors (Lipinski definition) is 0. The van der Waals surface area contributed by atoms with E-state index < -0.39 is 28.0 Å². The first-order valence-electron chi connectivity index (χ1n) is 11.6. The van der Waals surface area contributed by atoms with Crippen LogP contribution in [0.1, 0.15) is 30.9 Å². The van der Waals surface area contributed by atoms with Crippen LogP contribution in [0.15, 0.2) is 114 Å². The molecule has 0 fully saturated rings. The number of hydrogen-bond acceptors (Lipinski definition) is 4. The lowest BCUT2D eigenvalue weighted by molar-refractivity contribution is -0.140. The fourth-order valence-electron chi connectivity index (χ4n) is 4.22. The van der Waals surface area contributed by atoms with Gasteiger partial charge in [-0.2, -0.15) is 0 Å². The highest BCUT2D eigenvalue weighted by atomic mass is 32.2. The molecule has 0 saturated heterocycles. The highest BCUT2D eigenvalue weighted by Crippen LogP contribution is 2.45. The Bertz CT molecular complexity index is 1320. The van der Waals surface area contributed by atoms with Gasteiger partial charge in [-0.25, -0.2) is 13.2 Å². The van der Waals surface area contributed by atoms with Crippen LogP contribution >= 0.6 is 0 Å². The zero-order valence-corrected chi connectivity index (χ0v) is 20.7. The molecule has 0 aromatic heterocycles. The first-order valence-corrected chi connectivity index (χ1v) is 13.0. The van der Waals surface area contributed by atoms with Crippen molar-refractivity contribution in [3.8, 4) is 0 Å².